The zero-order chi connectivity index (χ0) is 33.7. The van der Waals surface area contributed by atoms with E-state index >= 15 is 0 Å². The molecule has 8 aromatic carbocycles. The molecule has 240 valence electrons. The van der Waals surface area contributed by atoms with Crippen LogP contribution in [0.5, 0.6) is 0 Å². The summed E-state index contributed by atoms with van der Waals surface area (Å²) in [5.74, 6) is 0. The van der Waals surface area contributed by atoms with E-state index in [9.17, 15) is 0 Å². The summed E-state index contributed by atoms with van der Waals surface area (Å²) in [6.45, 7) is 0. The number of hydrogen-bond donors (Lipinski definition) is 0. The lowest BCUT2D eigenvalue weighted by Crippen LogP contribution is -2.11. The van der Waals surface area contributed by atoms with Crippen LogP contribution in [0.1, 0.15) is 0 Å². The van der Waals surface area contributed by atoms with Crippen LogP contribution in [0.25, 0.3) is 77.3 Å². The van der Waals surface area contributed by atoms with Crippen molar-refractivity contribution in [3.63, 3.8) is 0 Å². The van der Waals surface area contributed by atoms with Gasteiger partial charge in [0.25, 0.3) is 0 Å². The fraction of sp³-hybridized carbons (Fsp3) is 0. The third-order valence-electron chi connectivity index (χ3n) is 9.87. The summed E-state index contributed by atoms with van der Waals surface area (Å²) in [7, 11) is 0. The number of para-hydroxylation sites is 2. The van der Waals surface area contributed by atoms with Crippen LogP contribution in [0.15, 0.2) is 197 Å². The molecule has 0 aliphatic rings. The molecule has 0 spiro atoms. The average Bonchev–Trinajstić information content (AvgIpc) is 3.76. The monoisotopic (exact) mass is 653 g/mol. The van der Waals surface area contributed by atoms with Crippen molar-refractivity contribution < 1.29 is 8.83 Å². The zero-order valence-electron chi connectivity index (χ0n) is 27.7. The van der Waals surface area contributed by atoms with Gasteiger partial charge in [-0.05, 0) is 64.7 Å². The molecule has 10 aromatic rings. The molecule has 0 N–H and O–H groups in total. The second kappa shape index (κ2) is 11.9. The van der Waals surface area contributed by atoms with Crippen molar-refractivity contribution in [1.82, 2.24) is 0 Å². The standard InChI is InChI=1S/C48H31NO2/c1-4-14-32(15-5-1)33-24-26-36(27-25-33)49(42-22-12-10-20-38(42)34-16-6-2-7-17-34)37-28-29-39-41-31-45-47(40-21-11-13-23-43(40)50-45)46(35-18-8-3-9-19-35)48(41)51-44(39)30-37/h1-31H. The van der Waals surface area contributed by atoms with Crippen LogP contribution in [-0.4, -0.2) is 0 Å². The summed E-state index contributed by atoms with van der Waals surface area (Å²) in [4.78, 5) is 2.33. The number of hydrogen-bond acceptors (Lipinski definition) is 3. The van der Waals surface area contributed by atoms with Gasteiger partial charge in [0.1, 0.15) is 22.3 Å². The highest BCUT2D eigenvalue weighted by Gasteiger charge is 2.23. The van der Waals surface area contributed by atoms with Crippen molar-refractivity contribution in [2.75, 3.05) is 4.90 Å². The molecule has 3 nitrogen and oxygen atoms in total. The predicted octanol–water partition coefficient (Wildman–Crippen LogP) is 14.0. The minimum atomic E-state index is 0.819. The van der Waals surface area contributed by atoms with Gasteiger partial charge in [0.05, 0.1) is 5.69 Å². The first-order valence-electron chi connectivity index (χ1n) is 17.3. The summed E-state index contributed by atoms with van der Waals surface area (Å²) in [6, 6.07) is 66.0. The second-order valence-corrected chi connectivity index (χ2v) is 12.9. The molecular weight excluding hydrogens is 623 g/mol. The van der Waals surface area contributed by atoms with E-state index in [4.69, 9.17) is 8.83 Å². The number of nitrogens with zero attached hydrogens (tertiary/aromatic N) is 1. The molecule has 0 saturated heterocycles. The van der Waals surface area contributed by atoms with Gasteiger partial charge in [0.2, 0.25) is 0 Å². The van der Waals surface area contributed by atoms with E-state index in [1.807, 2.05) is 18.2 Å². The van der Waals surface area contributed by atoms with Crippen LogP contribution in [0, 0.1) is 0 Å². The van der Waals surface area contributed by atoms with E-state index in [0.29, 0.717) is 0 Å². The van der Waals surface area contributed by atoms with E-state index in [2.05, 4.69) is 175 Å². The van der Waals surface area contributed by atoms with Crippen molar-refractivity contribution >= 4 is 60.9 Å². The Balaban J connectivity index is 1.20. The highest BCUT2D eigenvalue weighted by atomic mass is 16.3. The van der Waals surface area contributed by atoms with Crippen LogP contribution in [-0.2, 0) is 0 Å². The van der Waals surface area contributed by atoms with E-state index in [-0.39, 0.29) is 0 Å². The number of benzene rings is 8. The van der Waals surface area contributed by atoms with Gasteiger partial charge < -0.3 is 13.7 Å². The smallest absolute Gasteiger partial charge is 0.144 e. The van der Waals surface area contributed by atoms with Crippen molar-refractivity contribution in [3.8, 4) is 33.4 Å². The van der Waals surface area contributed by atoms with Gasteiger partial charge in [-0.15, -0.1) is 0 Å². The van der Waals surface area contributed by atoms with Crippen LogP contribution < -0.4 is 4.90 Å². The second-order valence-electron chi connectivity index (χ2n) is 12.9. The Hall–Kier alpha value is -6.84. The van der Waals surface area contributed by atoms with E-state index in [1.165, 1.54) is 11.1 Å². The van der Waals surface area contributed by atoms with Crippen molar-refractivity contribution in [3.05, 3.63) is 188 Å². The Morgan fingerprint density at radius 2 is 0.961 bits per heavy atom. The van der Waals surface area contributed by atoms with Crippen molar-refractivity contribution in [2.45, 2.75) is 0 Å². The number of rotatable bonds is 6. The Bertz CT molecular complexity index is 2830. The zero-order valence-corrected chi connectivity index (χ0v) is 27.7. The van der Waals surface area contributed by atoms with Gasteiger partial charge in [0.15, 0.2) is 0 Å². The molecule has 0 saturated carbocycles. The summed E-state index contributed by atoms with van der Waals surface area (Å²) >= 11 is 0. The maximum Gasteiger partial charge on any atom is 0.144 e. The number of anilines is 3. The molecule has 51 heavy (non-hydrogen) atoms. The number of furan rings is 2. The maximum absolute atomic E-state index is 6.95. The molecule has 2 heterocycles. The third kappa shape index (κ3) is 4.90. The molecule has 0 amide bonds. The molecule has 0 aliphatic heterocycles. The Kier molecular flexibility index (Phi) is 6.81. The van der Waals surface area contributed by atoms with Gasteiger partial charge in [-0.1, -0.05) is 140 Å². The molecule has 10 rings (SSSR count). The van der Waals surface area contributed by atoms with E-state index < -0.39 is 0 Å². The highest BCUT2D eigenvalue weighted by Crippen LogP contribution is 2.47. The predicted molar refractivity (Wildman–Crippen MR) is 212 cm³/mol. The lowest BCUT2D eigenvalue weighted by atomic mass is 9.96. The van der Waals surface area contributed by atoms with E-state index in [1.54, 1.807) is 0 Å². The largest absolute Gasteiger partial charge is 0.456 e. The molecule has 0 fully saturated rings. The Morgan fingerprint density at radius 1 is 0.353 bits per heavy atom. The average molecular weight is 654 g/mol. The molecule has 3 heteroatoms. The van der Waals surface area contributed by atoms with Crippen LogP contribution >= 0.6 is 0 Å². The Morgan fingerprint density at radius 3 is 1.73 bits per heavy atom. The summed E-state index contributed by atoms with van der Waals surface area (Å²) in [5, 5.41) is 4.23. The molecule has 0 aliphatic carbocycles. The fourth-order valence-electron chi connectivity index (χ4n) is 7.51. The van der Waals surface area contributed by atoms with Crippen LogP contribution in [0.4, 0.5) is 17.1 Å². The Labute approximate surface area is 295 Å². The quantitative estimate of drug-likeness (QED) is 0.179. The molecular formula is C48H31NO2. The minimum Gasteiger partial charge on any atom is -0.456 e. The first-order valence-corrected chi connectivity index (χ1v) is 17.3. The van der Waals surface area contributed by atoms with Gasteiger partial charge in [0, 0.05) is 50.1 Å². The van der Waals surface area contributed by atoms with Gasteiger partial charge in [-0.2, -0.15) is 0 Å². The summed E-state index contributed by atoms with van der Waals surface area (Å²) < 4.78 is 13.4. The molecule has 2 aromatic heterocycles. The first kappa shape index (κ1) is 29.1. The summed E-state index contributed by atoms with van der Waals surface area (Å²) in [5.41, 5.74) is 13.4. The number of fused-ring (bicyclic) bond motifs is 6. The van der Waals surface area contributed by atoms with Crippen LogP contribution in [0.3, 0.4) is 0 Å². The van der Waals surface area contributed by atoms with Gasteiger partial charge in [-0.3, -0.25) is 0 Å². The van der Waals surface area contributed by atoms with Crippen molar-refractivity contribution in [1.29, 1.82) is 0 Å². The van der Waals surface area contributed by atoms with Gasteiger partial charge >= 0.3 is 0 Å². The normalized spacial score (nSPS) is 11.5. The summed E-state index contributed by atoms with van der Waals surface area (Å²) in [6.07, 6.45) is 0. The van der Waals surface area contributed by atoms with Crippen molar-refractivity contribution in [2.24, 2.45) is 0 Å². The topological polar surface area (TPSA) is 29.5 Å². The molecule has 0 atom stereocenters. The lowest BCUT2D eigenvalue weighted by molar-refractivity contribution is 0.664. The van der Waals surface area contributed by atoms with Crippen LogP contribution in [0.2, 0.25) is 0 Å². The highest BCUT2D eigenvalue weighted by molar-refractivity contribution is 6.23. The fourth-order valence-corrected chi connectivity index (χ4v) is 7.51. The SMILES string of the molecule is c1ccc(-c2ccc(N(c3ccc4c(c3)oc3c(-c5ccccc5)c5c(cc34)oc3ccccc35)c3ccccc3-c3ccccc3)cc2)cc1. The molecule has 0 radical (unpaired) electrons. The van der Waals surface area contributed by atoms with E-state index in [0.717, 1.165) is 83.2 Å². The lowest BCUT2D eigenvalue weighted by Gasteiger charge is -2.28. The minimum absolute atomic E-state index is 0.819. The molecule has 0 bridgehead atoms. The van der Waals surface area contributed by atoms with Gasteiger partial charge in [-0.25, -0.2) is 0 Å². The maximum atomic E-state index is 6.95. The first-order chi connectivity index (χ1) is 25.3. The molecule has 0 unspecified atom stereocenters. The third-order valence-corrected chi connectivity index (χ3v) is 9.87.